The van der Waals surface area contributed by atoms with E-state index < -0.39 is 6.09 Å². The molecule has 0 saturated carbocycles. The number of methoxy groups -OCH3 is 2. The van der Waals surface area contributed by atoms with Gasteiger partial charge in [-0.15, -0.1) is 0 Å². The van der Waals surface area contributed by atoms with E-state index in [9.17, 15) is 14.0 Å². The fourth-order valence-electron chi connectivity index (χ4n) is 2.06. The molecule has 5 nitrogen and oxygen atoms in total. The summed E-state index contributed by atoms with van der Waals surface area (Å²) in [6.07, 6.45) is -0.675. The molecule has 0 fully saturated rings. The number of nitrogens with one attached hydrogen (secondary N) is 1. The van der Waals surface area contributed by atoms with Crippen LogP contribution in [-0.4, -0.2) is 26.1 Å². The number of halogens is 1. The van der Waals surface area contributed by atoms with Crippen molar-refractivity contribution in [3.8, 4) is 5.75 Å². The molecule has 2 rings (SSSR count). The number of carbonyl (C=O) groups excluding carboxylic acids is 2. The number of carbonyl (C=O) groups is 2. The summed E-state index contributed by atoms with van der Waals surface area (Å²) in [4.78, 5) is 23.9. The minimum atomic E-state index is -0.675. The lowest BCUT2D eigenvalue weighted by Gasteiger charge is -2.11. The molecule has 0 aliphatic rings. The second-order valence-electron chi connectivity index (χ2n) is 4.82. The molecule has 1 N–H and O–H groups in total. The van der Waals surface area contributed by atoms with E-state index in [0.717, 1.165) is 0 Å². The van der Waals surface area contributed by atoms with Crippen LogP contribution in [0.1, 0.15) is 21.5 Å². The van der Waals surface area contributed by atoms with Crippen LogP contribution < -0.4 is 10.1 Å². The highest BCUT2D eigenvalue weighted by Gasteiger charge is 2.15. The van der Waals surface area contributed by atoms with Gasteiger partial charge in [0.15, 0.2) is 5.78 Å². The van der Waals surface area contributed by atoms with Crippen LogP contribution in [0.25, 0.3) is 0 Å². The molecule has 120 valence electrons. The largest absolute Gasteiger partial charge is 0.495 e. The van der Waals surface area contributed by atoms with Gasteiger partial charge in [-0.2, -0.15) is 0 Å². The van der Waals surface area contributed by atoms with E-state index in [1.54, 1.807) is 19.1 Å². The maximum atomic E-state index is 13.3. The van der Waals surface area contributed by atoms with Gasteiger partial charge in [0.05, 0.1) is 19.9 Å². The predicted molar refractivity (Wildman–Crippen MR) is 83.6 cm³/mol. The zero-order valence-corrected chi connectivity index (χ0v) is 13.0. The van der Waals surface area contributed by atoms with Crippen molar-refractivity contribution in [3.63, 3.8) is 0 Å². The van der Waals surface area contributed by atoms with Gasteiger partial charge in [-0.25, -0.2) is 9.18 Å². The first-order valence-electron chi connectivity index (χ1n) is 6.80. The molecule has 2 aromatic carbocycles. The molecule has 6 heteroatoms. The molecule has 0 atom stereocenters. The van der Waals surface area contributed by atoms with Gasteiger partial charge >= 0.3 is 6.09 Å². The van der Waals surface area contributed by atoms with E-state index in [1.165, 1.54) is 38.5 Å². The Morgan fingerprint density at radius 1 is 1.04 bits per heavy atom. The Morgan fingerprint density at radius 3 is 2.30 bits per heavy atom. The first-order chi connectivity index (χ1) is 11.0. The van der Waals surface area contributed by atoms with Crippen LogP contribution in [0, 0.1) is 12.7 Å². The third kappa shape index (κ3) is 3.66. The van der Waals surface area contributed by atoms with E-state index in [2.05, 4.69) is 10.1 Å². The Bertz CT molecular complexity index is 758. The minimum absolute atomic E-state index is 0.288. The fraction of sp³-hybridized carbons (Fsp3) is 0.176. The van der Waals surface area contributed by atoms with Crippen molar-refractivity contribution in [1.29, 1.82) is 0 Å². The van der Waals surface area contributed by atoms with Crippen molar-refractivity contribution in [2.75, 3.05) is 19.5 Å². The lowest BCUT2D eigenvalue weighted by molar-refractivity contribution is 0.103. The lowest BCUT2D eigenvalue weighted by atomic mass is 10.0. The van der Waals surface area contributed by atoms with Gasteiger partial charge < -0.3 is 9.47 Å². The molecule has 1 amide bonds. The molecule has 0 heterocycles. The molecule has 0 aliphatic heterocycles. The summed E-state index contributed by atoms with van der Waals surface area (Å²) in [5, 5.41) is 2.48. The van der Waals surface area contributed by atoms with Crippen LogP contribution in [0.15, 0.2) is 36.4 Å². The highest BCUT2D eigenvalue weighted by molar-refractivity contribution is 6.10. The monoisotopic (exact) mass is 317 g/mol. The van der Waals surface area contributed by atoms with Crippen molar-refractivity contribution in [2.45, 2.75) is 6.92 Å². The van der Waals surface area contributed by atoms with Gasteiger partial charge in [0.1, 0.15) is 11.6 Å². The number of rotatable bonds is 4. The van der Waals surface area contributed by atoms with E-state index in [4.69, 9.17) is 4.74 Å². The number of amides is 1. The Labute approximate surface area is 133 Å². The Morgan fingerprint density at radius 2 is 1.70 bits per heavy atom. The standard InChI is InChI=1S/C17H16FNO4/c1-10-8-11(4-6-13(10)18)16(20)12-5-7-15(22-2)14(9-12)19-17(21)23-3/h4-9H,1-3H3,(H,19,21). The van der Waals surface area contributed by atoms with Gasteiger partial charge in [0.2, 0.25) is 0 Å². The van der Waals surface area contributed by atoms with Crippen LogP contribution >= 0.6 is 0 Å². The molecular formula is C17H16FNO4. The molecule has 0 unspecified atom stereocenters. The van der Waals surface area contributed by atoms with Crippen molar-refractivity contribution in [2.24, 2.45) is 0 Å². The topological polar surface area (TPSA) is 64.6 Å². The third-order valence-electron chi connectivity index (χ3n) is 3.30. The number of hydrogen-bond acceptors (Lipinski definition) is 4. The third-order valence-corrected chi connectivity index (χ3v) is 3.30. The number of anilines is 1. The molecule has 2 aromatic rings. The number of benzene rings is 2. The summed E-state index contributed by atoms with van der Waals surface area (Å²) in [7, 11) is 2.68. The Hall–Kier alpha value is -2.89. The molecule has 23 heavy (non-hydrogen) atoms. The second-order valence-corrected chi connectivity index (χ2v) is 4.82. The van der Waals surface area contributed by atoms with E-state index >= 15 is 0 Å². The summed E-state index contributed by atoms with van der Waals surface area (Å²) in [5.41, 5.74) is 1.39. The molecular weight excluding hydrogens is 301 g/mol. The molecule has 0 saturated heterocycles. The van der Waals surface area contributed by atoms with Crippen LogP contribution in [0.5, 0.6) is 5.75 Å². The zero-order chi connectivity index (χ0) is 17.0. The van der Waals surface area contributed by atoms with Crippen LogP contribution in [-0.2, 0) is 4.74 Å². The highest BCUT2D eigenvalue weighted by Crippen LogP contribution is 2.27. The van der Waals surface area contributed by atoms with Crippen LogP contribution in [0.2, 0.25) is 0 Å². The smallest absolute Gasteiger partial charge is 0.411 e. The SMILES string of the molecule is COC(=O)Nc1cc(C(=O)c2ccc(F)c(C)c2)ccc1OC. The van der Waals surface area contributed by atoms with Gasteiger partial charge in [-0.1, -0.05) is 0 Å². The molecule has 0 spiro atoms. The minimum Gasteiger partial charge on any atom is -0.495 e. The summed E-state index contributed by atoms with van der Waals surface area (Å²) < 4.78 is 23.0. The maximum absolute atomic E-state index is 13.3. The number of ether oxygens (including phenoxy) is 2. The van der Waals surface area contributed by atoms with Gasteiger partial charge in [0, 0.05) is 11.1 Å². The molecule has 0 aliphatic carbocycles. The Balaban J connectivity index is 2.38. The molecule has 0 bridgehead atoms. The van der Waals surface area contributed by atoms with Gasteiger partial charge in [-0.3, -0.25) is 10.1 Å². The highest BCUT2D eigenvalue weighted by atomic mass is 19.1. The van der Waals surface area contributed by atoms with Crippen molar-refractivity contribution >= 4 is 17.6 Å². The van der Waals surface area contributed by atoms with Crippen molar-refractivity contribution in [1.82, 2.24) is 0 Å². The van der Waals surface area contributed by atoms with Crippen LogP contribution in [0.3, 0.4) is 0 Å². The van der Waals surface area contributed by atoms with Gasteiger partial charge in [0.25, 0.3) is 0 Å². The normalized spacial score (nSPS) is 10.1. The Kier molecular flexibility index (Phi) is 4.95. The average Bonchev–Trinajstić information content (AvgIpc) is 2.56. The number of hydrogen-bond donors (Lipinski definition) is 1. The van der Waals surface area contributed by atoms with E-state index in [0.29, 0.717) is 28.1 Å². The second kappa shape index (κ2) is 6.91. The summed E-state index contributed by atoms with van der Waals surface area (Å²) in [6, 6.07) is 8.77. The van der Waals surface area contributed by atoms with Crippen LogP contribution in [0.4, 0.5) is 14.9 Å². The summed E-state index contributed by atoms with van der Waals surface area (Å²) in [5.74, 6) is -0.268. The summed E-state index contributed by atoms with van der Waals surface area (Å²) >= 11 is 0. The van der Waals surface area contributed by atoms with Crippen molar-refractivity contribution in [3.05, 3.63) is 58.9 Å². The summed E-state index contributed by atoms with van der Waals surface area (Å²) in [6.45, 7) is 1.59. The quantitative estimate of drug-likeness (QED) is 0.876. The fourth-order valence-corrected chi connectivity index (χ4v) is 2.06. The van der Waals surface area contributed by atoms with E-state index in [-0.39, 0.29) is 11.6 Å². The van der Waals surface area contributed by atoms with E-state index in [1.807, 2.05) is 0 Å². The van der Waals surface area contributed by atoms with Gasteiger partial charge in [-0.05, 0) is 48.9 Å². The molecule has 0 aromatic heterocycles. The first kappa shape index (κ1) is 16.5. The number of aryl methyl sites for hydroxylation is 1. The lowest BCUT2D eigenvalue weighted by Crippen LogP contribution is -2.13. The first-order valence-corrected chi connectivity index (χ1v) is 6.80. The number of ketones is 1. The average molecular weight is 317 g/mol. The maximum Gasteiger partial charge on any atom is 0.411 e. The zero-order valence-electron chi connectivity index (χ0n) is 13.0. The predicted octanol–water partition coefficient (Wildman–Crippen LogP) is 3.55. The van der Waals surface area contributed by atoms with Crippen molar-refractivity contribution < 1.29 is 23.5 Å². The molecule has 0 radical (unpaired) electrons.